The summed E-state index contributed by atoms with van der Waals surface area (Å²) in [6, 6.07) is 9.48. The Bertz CT molecular complexity index is 857. The highest BCUT2D eigenvalue weighted by atomic mass is 16.5. The van der Waals surface area contributed by atoms with Crippen molar-refractivity contribution in [1.29, 1.82) is 0 Å². The van der Waals surface area contributed by atoms with Crippen LogP contribution in [0.3, 0.4) is 0 Å². The van der Waals surface area contributed by atoms with Crippen LogP contribution in [0.5, 0.6) is 0 Å². The van der Waals surface area contributed by atoms with Crippen LogP contribution >= 0.6 is 0 Å². The van der Waals surface area contributed by atoms with Crippen molar-refractivity contribution in [2.45, 2.75) is 20.3 Å². The summed E-state index contributed by atoms with van der Waals surface area (Å²) in [7, 11) is 1.59. The van der Waals surface area contributed by atoms with Crippen LogP contribution < -0.4 is 0 Å². The van der Waals surface area contributed by atoms with Crippen LogP contribution in [-0.2, 0) is 9.53 Å². The molecular formula is C23H32N4O4. The minimum atomic E-state index is -0.261. The first kappa shape index (κ1) is 23.0. The normalized spacial score (nSPS) is 14.6. The van der Waals surface area contributed by atoms with Crippen molar-refractivity contribution in [3.63, 3.8) is 0 Å². The number of ether oxygens (including phenoxy) is 1. The number of likely N-dealkylation sites (N-methyl/N-ethyl adjacent to an activating group) is 1. The number of hydrogen-bond donors (Lipinski definition) is 0. The van der Waals surface area contributed by atoms with Gasteiger partial charge in [-0.3, -0.25) is 9.59 Å². The quantitative estimate of drug-likeness (QED) is 0.610. The van der Waals surface area contributed by atoms with Crippen molar-refractivity contribution in [1.82, 2.24) is 19.9 Å². The van der Waals surface area contributed by atoms with E-state index < -0.39 is 0 Å². The van der Waals surface area contributed by atoms with Gasteiger partial charge in [-0.25, -0.2) is 0 Å². The summed E-state index contributed by atoms with van der Waals surface area (Å²) in [6.07, 6.45) is 0.282. The number of benzene rings is 1. The number of hydrogen-bond acceptors (Lipinski definition) is 6. The number of nitrogens with zero attached hydrogens (tertiary/aromatic N) is 4. The molecule has 0 saturated carbocycles. The molecule has 1 saturated heterocycles. The van der Waals surface area contributed by atoms with Crippen molar-refractivity contribution in [2.24, 2.45) is 0 Å². The first-order valence-electron chi connectivity index (χ1n) is 10.8. The van der Waals surface area contributed by atoms with Gasteiger partial charge in [0.05, 0.1) is 6.61 Å². The summed E-state index contributed by atoms with van der Waals surface area (Å²) in [4.78, 5) is 31.5. The van der Waals surface area contributed by atoms with Gasteiger partial charge < -0.3 is 24.0 Å². The van der Waals surface area contributed by atoms with Crippen LogP contribution in [0.2, 0.25) is 0 Å². The topological polar surface area (TPSA) is 79.1 Å². The smallest absolute Gasteiger partial charge is 0.276 e. The second-order valence-corrected chi connectivity index (χ2v) is 7.79. The average Bonchev–Trinajstić information content (AvgIpc) is 3.29. The molecule has 168 valence electrons. The summed E-state index contributed by atoms with van der Waals surface area (Å²) in [6.45, 7) is 9.51. The van der Waals surface area contributed by atoms with Gasteiger partial charge in [0.15, 0.2) is 11.5 Å². The number of carbonyl (C=O) groups is 2. The van der Waals surface area contributed by atoms with Crippen LogP contribution in [0.4, 0.5) is 0 Å². The monoisotopic (exact) mass is 428 g/mol. The van der Waals surface area contributed by atoms with Gasteiger partial charge in [-0.2, -0.15) is 0 Å². The lowest BCUT2D eigenvalue weighted by Crippen LogP contribution is -2.49. The number of amides is 2. The molecule has 1 aliphatic rings. The van der Waals surface area contributed by atoms with E-state index in [0.29, 0.717) is 25.5 Å². The van der Waals surface area contributed by atoms with Gasteiger partial charge in [-0.15, -0.1) is 0 Å². The highest BCUT2D eigenvalue weighted by molar-refractivity contribution is 5.93. The number of methoxy groups -OCH3 is 1. The van der Waals surface area contributed by atoms with Crippen LogP contribution in [0.1, 0.15) is 29.4 Å². The van der Waals surface area contributed by atoms with Gasteiger partial charge in [0.25, 0.3) is 5.91 Å². The van der Waals surface area contributed by atoms with Crippen molar-refractivity contribution in [3.8, 4) is 11.3 Å². The van der Waals surface area contributed by atoms with E-state index in [1.807, 2.05) is 36.1 Å². The Labute approximate surface area is 183 Å². The first-order chi connectivity index (χ1) is 15.0. The van der Waals surface area contributed by atoms with Crippen LogP contribution in [-0.4, -0.2) is 91.2 Å². The third kappa shape index (κ3) is 6.15. The number of aromatic nitrogens is 1. The van der Waals surface area contributed by atoms with E-state index in [1.54, 1.807) is 18.1 Å². The molecule has 2 amide bonds. The molecular weight excluding hydrogens is 396 g/mol. The van der Waals surface area contributed by atoms with Gasteiger partial charge in [0.2, 0.25) is 5.91 Å². The Kier molecular flexibility index (Phi) is 8.20. The standard InChI is InChI=1S/C23H32N4O4/c1-4-25-11-13-26(14-12-25)22(28)9-10-27(15-16-30-3)23(29)20-17-21(31-24-20)19-7-5-18(2)6-8-19/h5-8,17H,4,9-16H2,1-3H3. The maximum atomic E-state index is 13.0. The molecule has 31 heavy (non-hydrogen) atoms. The van der Waals surface area contributed by atoms with E-state index in [0.717, 1.165) is 43.9 Å². The van der Waals surface area contributed by atoms with E-state index in [-0.39, 0.29) is 23.9 Å². The Morgan fingerprint density at radius 2 is 1.84 bits per heavy atom. The first-order valence-corrected chi connectivity index (χ1v) is 10.8. The van der Waals surface area contributed by atoms with E-state index >= 15 is 0 Å². The average molecular weight is 429 g/mol. The molecule has 1 aromatic heterocycles. The van der Waals surface area contributed by atoms with Gasteiger partial charge >= 0.3 is 0 Å². The van der Waals surface area contributed by atoms with Gasteiger partial charge in [0, 0.05) is 64.4 Å². The van der Waals surface area contributed by atoms with Gasteiger partial charge in [-0.05, 0) is 13.5 Å². The lowest BCUT2D eigenvalue weighted by atomic mass is 10.1. The Hall–Kier alpha value is -2.71. The zero-order chi connectivity index (χ0) is 22.2. The van der Waals surface area contributed by atoms with Gasteiger partial charge in [-0.1, -0.05) is 41.9 Å². The highest BCUT2D eigenvalue weighted by Gasteiger charge is 2.24. The third-order valence-corrected chi connectivity index (χ3v) is 5.69. The van der Waals surface area contributed by atoms with Crippen molar-refractivity contribution < 1.29 is 18.8 Å². The number of rotatable bonds is 9. The molecule has 2 heterocycles. The summed E-state index contributed by atoms with van der Waals surface area (Å²) in [5, 5.41) is 3.97. The summed E-state index contributed by atoms with van der Waals surface area (Å²) in [5.74, 6) is 0.356. The third-order valence-electron chi connectivity index (χ3n) is 5.69. The van der Waals surface area contributed by atoms with Crippen molar-refractivity contribution in [2.75, 3.05) is 59.5 Å². The Balaban J connectivity index is 1.61. The lowest BCUT2D eigenvalue weighted by Gasteiger charge is -2.34. The predicted octanol–water partition coefficient (Wildman–Crippen LogP) is 2.29. The molecule has 8 nitrogen and oxygen atoms in total. The fraction of sp³-hybridized carbons (Fsp3) is 0.522. The minimum absolute atomic E-state index is 0.0754. The fourth-order valence-corrected chi connectivity index (χ4v) is 3.61. The maximum Gasteiger partial charge on any atom is 0.276 e. The second kappa shape index (κ2) is 11.1. The molecule has 8 heteroatoms. The number of piperazine rings is 1. The van der Waals surface area contributed by atoms with Crippen LogP contribution in [0.15, 0.2) is 34.9 Å². The molecule has 0 N–H and O–H groups in total. The zero-order valence-electron chi connectivity index (χ0n) is 18.7. The molecule has 0 atom stereocenters. The number of carbonyl (C=O) groups excluding carboxylic acids is 2. The fourth-order valence-electron chi connectivity index (χ4n) is 3.61. The minimum Gasteiger partial charge on any atom is -0.383 e. The molecule has 1 aromatic carbocycles. The molecule has 1 fully saturated rings. The Morgan fingerprint density at radius 3 is 2.48 bits per heavy atom. The molecule has 0 bridgehead atoms. The molecule has 0 unspecified atom stereocenters. The van der Waals surface area contributed by atoms with Crippen molar-refractivity contribution >= 4 is 11.8 Å². The summed E-state index contributed by atoms with van der Waals surface area (Å²) in [5.41, 5.74) is 2.24. The maximum absolute atomic E-state index is 13.0. The SMILES string of the molecule is CCN1CCN(C(=O)CCN(CCOC)C(=O)c2cc(-c3ccc(C)cc3)on2)CC1. The summed E-state index contributed by atoms with van der Waals surface area (Å²) >= 11 is 0. The largest absolute Gasteiger partial charge is 0.383 e. The van der Waals surface area contributed by atoms with E-state index in [1.165, 1.54) is 0 Å². The molecule has 3 rings (SSSR count). The van der Waals surface area contributed by atoms with Gasteiger partial charge in [0.1, 0.15) is 0 Å². The van der Waals surface area contributed by atoms with Crippen LogP contribution in [0.25, 0.3) is 11.3 Å². The molecule has 0 radical (unpaired) electrons. The zero-order valence-corrected chi connectivity index (χ0v) is 18.7. The molecule has 1 aliphatic heterocycles. The lowest BCUT2D eigenvalue weighted by molar-refractivity contribution is -0.133. The molecule has 2 aromatic rings. The number of aryl methyl sites for hydroxylation is 1. The summed E-state index contributed by atoms with van der Waals surface area (Å²) < 4.78 is 10.6. The molecule has 0 spiro atoms. The van der Waals surface area contributed by atoms with Crippen LogP contribution in [0, 0.1) is 6.92 Å². The molecule has 0 aliphatic carbocycles. The van der Waals surface area contributed by atoms with E-state index in [2.05, 4.69) is 17.0 Å². The van der Waals surface area contributed by atoms with E-state index in [4.69, 9.17) is 9.26 Å². The predicted molar refractivity (Wildman–Crippen MR) is 118 cm³/mol. The van der Waals surface area contributed by atoms with E-state index in [9.17, 15) is 9.59 Å². The van der Waals surface area contributed by atoms with Crippen molar-refractivity contribution in [3.05, 3.63) is 41.6 Å². The Morgan fingerprint density at radius 1 is 1.13 bits per heavy atom. The second-order valence-electron chi connectivity index (χ2n) is 7.79. The highest BCUT2D eigenvalue weighted by Crippen LogP contribution is 2.21.